The van der Waals surface area contributed by atoms with E-state index in [1.54, 1.807) is 0 Å². The highest BCUT2D eigenvalue weighted by atomic mass is 32.1. The molecule has 0 spiro atoms. The van der Waals surface area contributed by atoms with Crippen LogP contribution in [0.25, 0.3) is 120 Å². The van der Waals surface area contributed by atoms with Crippen LogP contribution in [-0.2, 0) is 0 Å². The quantitative estimate of drug-likeness (QED) is 0.175. The van der Waals surface area contributed by atoms with E-state index in [0.717, 1.165) is 82.8 Å². The summed E-state index contributed by atoms with van der Waals surface area (Å²) >= 11 is 1.81. The molecule has 0 aliphatic heterocycles. The van der Waals surface area contributed by atoms with Crippen LogP contribution < -0.4 is 0 Å². The molecule has 0 aliphatic carbocycles. The maximum Gasteiger partial charge on any atom is 0.167 e. The van der Waals surface area contributed by atoms with Gasteiger partial charge in [0, 0.05) is 52.8 Å². The second-order valence-corrected chi connectivity index (χ2v) is 15.4. The van der Waals surface area contributed by atoms with Gasteiger partial charge in [0.25, 0.3) is 0 Å². The number of fused-ring (bicyclic) bond motifs is 9. The summed E-state index contributed by atoms with van der Waals surface area (Å²) in [7, 11) is 0. The van der Waals surface area contributed by atoms with Gasteiger partial charge in [0.2, 0.25) is 0 Å². The van der Waals surface area contributed by atoms with Crippen molar-refractivity contribution in [2.75, 3.05) is 0 Å². The predicted molar refractivity (Wildman–Crippen MR) is 234 cm³/mol. The molecule has 0 bridgehead atoms. The molecule has 5 nitrogen and oxygen atoms in total. The van der Waals surface area contributed by atoms with Gasteiger partial charge in [-0.15, -0.1) is 11.3 Å². The number of hydrogen-bond donors (Lipinski definition) is 0. The van der Waals surface area contributed by atoms with Crippen LogP contribution in [0.15, 0.2) is 185 Å². The smallest absolute Gasteiger partial charge is 0.167 e. The zero-order chi connectivity index (χ0) is 37.5. The van der Waals surface area contributed by atoms with E-state index in [4.69, 9.17) is 23.8 Å². The van der Waals surface area contributed by atoms with Crippen LogP contribution in [0.5, 0.6) is 0 Å². The third-order valence-corrected chi connectivity index (χ3v) is 12.1. The van der Waals surface area contributed by atoms with Gasteiger partial charge in [-0.05, 0) is 70.8 Å². The number of benzene rings is 8. The standard InChI is InChI=1S/C51H29N3O2S/c1-2-13-30(14-3-1)31-15-10-16-32(27-31)49-52-50(39-22-11-21-36-35-17-4-7-23-41(35)56-48(36)39)54-51(53-49)40-28-33(29-43-46(40)37-18-5-8-24-42(37)55-43)34-20-12-26-45-47(34)38-19-6-9-25-44(38)57-45/h1-29H. The fourth-order valence-corrected chi connectivity index (χ4v) is 9.47. The molecule has 4 heterocycles. The number of furan rings is 2. The van der Waals surface area contributed by atoms with Crippen LogP contribution >= 0.6 is 11.3 Å². The number of aromatic nitrogens is 3. The number of para-hydroxylation sites is 3. The lowest BCUT2D eigenvalue weighted by Gasteiger charge is -2.12. The lowest BCUT2D eigenvalue weighted by Crippen LogP contribution is -2.01. The first-order valence-electron chi connectivity index (χ1n) is 18.9. The molecule has 12 rings (SSSR count). The summed E-state index contributed by atoms with van der Waals surface area (Å²) in [4.78, 5) is 15.9. The third-order valence-electron chi connectivity index (χ3n) is 10.9. The lowest BCUT2D eigenvalue weighted by atomic mass is 9.95. The molecule has 0 radical (unpaired) electrons. The van der Waals surface area contributed by atoms with Crippen LogP contribution in [0.4, 0.5) is 0 Å². The van der Waals surface area contributed by atoms with Crippen LogP contribution in [-0.4, -0.2) is 15.0 Å². The molecule has 57 heavy (non-hydrogen) atoms. The average Bonchev–Trinajstić information content (AvgIpc) is 3.97. The fraction of sp³-hybridized carbons (Fsp3) is 0. The second-order valence-electron chi connectivity index (χ2n) is 14.3. The van der Waals surface area contributed by atoms with Crippen LogP contribution in [0.3, 0.4) is 0 Å². The molecule has 4 aromatic heterocycles. The molecule has 0 aliphatic rings. The predicted octanol–water partition coefficient (Wildman–Crippen LogP) is 14.4. The Morgan fingerprint density at radius 1 is 0.333 bits per heavy atom. The molecule has 6 heteroatoms. The Labute approximate surface area is 330 Å². The second kappa shape index (κ2) is 12.6. The van der Waals surface area contributed by atoms with Crippen molar-refractivity contribution >= 4 is 75.4 Å². The summed E-state index contributed by atoms with van der Waals surface area (Å²) in [5.41, 5.74) is 10.0. The topological polar surface area (TPSA) is 65.0 Å². The van der Waals surface area contributed by atoms with Gasteiger partial charge in [-0.25, -0.2) is 15.0 Å². The monoisotopic (exact) mass is 747 g/mol. The Morgan fingerprint density at radius 2 is 0.947 bits per heavy atom. The van der Waals surface area contributed by atoms with Gasteiger partial charge >= 0.3 is 0 Å². The van der Waals surface area contributed by atoms with Crippen molar-refractivity contribution in [1.82, 2.24) is 15.0 Å². The summed E-state index contributed by atoms with van der Waals surface area (Å²) in [6.45, 7) is 0. The van der Waals surface area contributed by atoms with Gasteiger partial charge < -0.3 is 8.83 Å². The van der Waals surface area contributed by atoms with E-state index in [1.165, 1.54) is 20.2 Å². The van der Waals surface area contributed by atoms with Gasteiger partial charge in [0.05, 0.1) is 5.56 Å². The van der Waals surface area contributed by atoms with Crippen molar-refractivity contribution in [3.8, 4) is 56.4 Å². The Morgan fingerprint density at radius 3 is 1.82 bits per heavy atom. The molecule has 0 fully saturated rings. The number of hydrogen-bond acceptors (Lipinski definition) is 6. The minimum absolute atomic E-state index is 0.530. The first kappa shape index (κ1) is 31.9. The first-order valence-corrected chi connectivity index (χ1v) is 19.7. The molecule has 0 saturated carbocycles. The SMILES string of the molecule is c1ccc(-c2cccc(-c3nc(-c4cccc5c4oc4ccccc45)nc(-c4cc(-c5cccc6sc7ccccc7c56)cc5oc6ccccc6c45)n3)c2)cc1. The van der Waals surface area contributed by atoms with E-state index >= 15 is 0 Å². The summed E-state index contributed by atoms with van der Waals surface area (Å²) in [5, 5.41) is 6.49. The van der Waals surface area contributed by atoms with Gasteiger partial charge in [-0.3, -0.25) is 0 Å². The molecule has 0 unspecified atom stereocenters. The van der Waals surface area contributed by atoms with Crippen LogP contribution in [0.1, 0.15) is 0 Å². The van der Waals surface area contributed by atoms with E-state index in [9.17, 15) is 0 Å². The summed E-state index contributed by atoms with van der Waals surface area (Å²) < 4.78 is 15.7. The van der Waals surface area contributed by atoms with Gasteiger partial charge in [0.1, 0.15) is 22.3 Å². The van der Waals surface area contributed by atoms with Crippen LogP contribution in [0.2, 0.25) is 0 Å². The molecular formula is C51H29N3O2S. The maximum atomic E-state index is 6.66. The Hall–Kier alpha value is -7.41. The minimum atomic E-state index is 0.530. The summed E-state index contributed by atoms with van der Waals surface area (Å²) in [6.07, 6.45) is 0. The molecule has 266 valence electrons. The van der Waals surface area contributed by atoms with Crippen LogP contribution in [0, 0.1) is 0 Å². The first-order chi connectivity index (χ1) is 28.2. The Bertz CT molecular complexity index is 3540. The number of thiophene rings is 1. The average molecular weight is 748 g/mol. The van der Waals surface area contributed by atoms with Crippen molar-refractivity contribution in [1.29, 1.82) is 0 Å². The highest BCUT2D eigenvalue weighted by Gasteiger charge is 2.23. The van der Waals surface area contributed by atoms with Gasteiger partial charge in [-0.2, -0.15) is 0 Å². The molecular weight excluding hydrogens is 719 g/mol. The summed E-state index contributed by atoms with van der Waals surface area (Å²) in [5.74, 6) is 1.65. The highest BCUT2D eigenvalue weighted by molar-refractivity contribution is 7.25. The number of nitrogens with zero attached hydrogens (tertiary/aromatic N) is 3. The zero-order valence-corrected chi connectivity index (χ0v) is 31.1. The molecule has 0 saturated heterocycles. The van der Waals surface area contributed by atoms with Gasteiger partial charge in [0.15, 0.2) is 17.5 Å². The van der Waals surface area contributed by atoms with Gasteiger partial charge in [-0.1, -0.05) is 127 Å². The molecule has 0 atom stereocenters. The van der Waals surface area contributed by atoms with E-state index in [2.05, 4.69) is 127 Å². The van der Waals surface area contributed by atoms with E-state index in [-0.39, 0.29) is 0 Å². The lowest BCUT2D eigenvalue weighted by molar-refractivity contribution is 0.668. The molecule has 0 N–H and O–H groups in total. The largest absolute Gasteiger partial charge is 0.456 e. The molecule has 12 aromatic rings. The van der Waals surface area contributed by atoms with E-state index in [1.807, 2.05) is 59.9 Å². The Balaban J connectivity index is 1.16. The maximum absolute atomic E-state index is 6.66. The fourth-order valence-electron chi connectivity index (χ4n) is 8.34. The highest BCUT2D eigenvalue weighted by Crippen LogP contribution is 2.45. The number of rotatable bonds is 5. The van der Waals surface area contributed by atoms with E-state index < -0.39 is 0 Å². The minimum Gasteiger partial charge on any atom is -0.456 e. The van der Waals surface area contributed by atoms with Crippen molar-refractivity contribution in [2.24, 2.45) is 0 Å². The molecule has 8 aromatic carbocycles. The zero-order valence-electron chi connectivity index (χ0n) is 30.3. The van der Waals surface area contributed by atoms with Crippen molar-refractivity contribution in [3.63, 3.8) is 0 Å². The Kier molecular flexibility index (Phi) is 7.03. The van der Waals surface area contributed by atoms with Crippen molar-refractivity contribution in [2.45, 2.75) is 0 Å². The van der Waals surface area contributed by atoms with Crippen molar-refractivity contribution < 1.29 is 8.83 Å². The third kappa shape index (κ3) is 5.12. The molecule has 0 amide bonds. The normalized spacial score (nSPS) is 11.9. The van der Waals surface area contributed by atoms with Crippen molar-refractivity contribution in [3.05, 3.63) is 176 Å². The summed E-state index contributed by atoms with van der Waals surface area (Å²) in [6, 6.07) is 60.9. The van der Waals surface area contributed by atoms with E-state index in [0.29, 0.717) is 17.5 Å².